The molecule has 0 N–H and O–H groups in total. The van der Waals surface area contributed by atoms with E-state index in [2.05, 4.69) is 9.97 Å². The first-order valence-electron chi connectivity index (χ1n) is 7.33. The summed E-state index contributed by atoms with van der Waals surface area (Å²) >= 11 is -0.121. The van der Waals surface area contributed by atoms with Crippen LogP contribution in [0.15, 0.2) is 54.1 Å². The number of thioether (sulfide) groups is 1. The van der Waals surface area contributed by atoms with Crippen LogP contribution in [0.3, 0.4) is 0 Å². The van der Waals surface area contributed by atoms with Gasteiger partial charge in [0.2, 0.25) is 0 Å². The summed E-state index contributed by atoms with van der Waals surface area (Å²) in [5.74, 6) is 0.966. The van der Waals surface area contributed by atoms with E-state index in [1.165, 1.54) is 12.1 Å². The maximum Gasteiger partial charge on any atom is 0.446 e. The predicted molar refractivity (Wildman–Crippen MR) is 86.2 cm³/mol. The van der Waals surface area contributed by atoms with E-state index in [1.807, 2.05) is 23.9 Å². The Bertz CT molecular complexity index is 823. The van der Waals surface area contributed by atoms with E-state index in [9.17, 15) is 13.2 Å². The van der Waals surface area contributed by atoms with Crippen molar-refractivity contribution in [3.8, 4) is 5.69 Å². The van der Waals surface area contributed by atoms with Crippen LogP contribution in [0.5, 0.6) is 0 Å². The molecule has 24 heavy (non-hydrogen) atoms. The third-order valence-corrected chi connectivity index (χ3v) is 4.16. The first-order chi connectivity index (χ1) is 11.4. The summed E-state index contributed by atoms with van der Waals surface area (Å²) in [4.78, 5) is 8.74. The number of nitrogens with zero attached hydrogens (tertiary/aromatic N) is 4. The number of benzene rings is 1. The van der Waals surface area contributed by atoms with Gasteiger partial charge in [0.05, 0.1) is 18.6 Å². The van der Waals surface area contributed by atoms with Gasteiger partial charge in [-0.15, -0.1) is 0 Å². The number of halogens is 3. The zero-order chi connectivity index (χ0) is 17.2. The Morgan fingerprint density at radius 3 is 2.79 bits per heavy atom. The lowest BCUT2D eigenvalue weighted by Gasteiger charge is -2.08. The molecule has 3 aromatic rings. The predicted octanol–water partition coefficient (Wildman–Crippen LogP) is 4.29. The average Bonchev–Trinajstić information content (AvgIpc) is 3.15. The minimum Gasteiger partial charge on any atom is -0.329 e. The highest BCUT2D eigenvalue weighted by Crippen LogP contribution is 2.37. The number of aryl methyl sites for hydroxylation is 1. The minimum atomic E-state index is -4.29. The lowest BCUT2D eigenvalue weighted by atomic mass is 10.3. The van der Waals surface area contributed by atoms with Crippen LogP contribution in [-0.4, -0.2) is 24.6 Å². The highest BCUT2D eigenvalue weighted by atomic mass is 32.2. The van der Waals surface area contributed by atoms with Crippen LogP contribution in [0, 0.1) is 0 Å². The van der Waals surface area contributed by atoms with Crippen molar-refractivity contribution in [3.05, 3.63) is 60.7 Å². The van der Waals surface area contributed by atoms with Crippen molar-refractivity contribution in [1.82, 2.24) is 19.1 Å². The zero-order valence-electron chi connectivity index (χ0n) is 12.9. The van der Waals surface area contributed by atoms with Crippen LogP contribution in [-0.2, 0) is 13.0 Å². The van der Waals surface area contributed by atoms with Gasteiger partial charge in [0, 0.05) is 35.6 Å². The summed E-state index contributed by atoms with van der Waals surface area (Å²) in [6.45, 7) is 2.61. The summed E-state index contributed by atoms with van der Waals surface area (Å²) < 4.78 is 41.2. The second-order valence-electron chi connectivity index (χ2n) is 5.14. The molecule has 0 saturated carbocycles. The van der Waals surface area contributed by atoms with Crippen molar-refractivity contribution in [2.45, 2.75) is 30.3 Å². The molecule has 0 bridgehead atoms. The molecule has 8 heteroatoms. The lowest BCUT2D eigenvalue weighted by Crippen LogP contribution is -2.03. The Labute approximate surface area is 141 Å². The first kappa shape index (κ1) is 16.6. The summed E-state index contributed by atoms with van der Waals surface area (Å²) in [5, 5.41) is 0. The molecule has 0 saturated heterocycles. The summed E-state index contributed by atoms with van der Waals surface area (Å²) in [6, 6.07) is 6.30. The van der Waals surface area contributed by atoms with Crippen molar-refractivity contribution < 1.29 is 13.2 Å². The Morgan fingerprint density at radius 1 is 1.21 bits per heavy atom. The maximum atomic E-state index is 12.5. The second-order valence-corrected chi connectivity index (χ2v) is 6.28. The van der Waals surface area contributed by atoms with Crippen LogP contribution in [0.1, 0.15) is 18.4 Å². The maximum absolute atomic E-state index is 12.5. The van der Waals surface area contributed by atoms with Gasteiger partial charge >= 0.3 is 5.51 Å². The van der Waals surface area contributed by atoms with Crippen molar-refractivity contribution in [2.75, 3.05) is 0 Å². The summed E-state index contributed by atoms with van der Waals surface area (Å²) in [5.41, 5.74) is -2.84. The standard InChI is InChI=1S/C16H15F3N4S/c1-2-15-20-6-7-22(15)9-12-10-23(11-21-12)13-4-3-5-14(8-13)24-16(17,18)19/h3-8,10-11H,2,9H2,1H3. The molecule has 0 fully saturated rings. The fraction of sp³-hybridized carbons (Fsp3) is 0.250. The van der Waals surface area contributed by atoms with E-state index in [0.717, 1.165) is 17.9 Å². The zero-order valence-corrected chi connectivity index (χ0v) is 13.7. The summed E-state index contributed by atoms with van der Waals surface area (Å²) in [6.07, 6.45) is 7.88. The molecular formula is C16H15F3N4S. The fourth-order valence-corrected chi connectivity index (χ4v) is 2.99. The van der Waals surface area contributed by atoms with Crippen molar-refractivity contribution in [3.63, 3.8) is 0 Å². The van der Waals surface area contributed by atoms with Crippen molar-refractivity contribution in [2.24, 2.45) is 0 Å². The average molecular weight is 352 g/mol. The van der Waals surface area contributed by atoms with Gasteiger partial charge in [-0.1, -0.05) is 13.0 Å². The molecular weight excluding hydrogens is 337 g/mol. The number of hydrogen-bond donors (Lipinski definition) is 0. The highest BCUT2D eigenvalue weighted by molar-refractivity contribution is 8.00. The van der Waals surface area contributed by atoms with Crippen LogP contribution >= 0.6 is 11.8 Å². The molecule has 3 rings (SSSR count). The van der Waals surface area contributed by atoms with Gasteiger partial charge in [-0.2, -0.15) is 13.2 Å². The molecule has 0 aliphatic carbocycles. The topological polar surface area (TPSA) is 35.6 Å². The van der Waals surface area contributed by atoms with Gasteiger partial charge in [-0.25, -0.2) is 9.97 Å². The van der Waals surface area contributed by atoms with Gasteiger partial charge in [-0.05, 0) is 30.0 Å². The molecule has 2 heterocycles. The van der Waals surface area contributed by atoms with Crippen LogP contribution < -0.4 is 0 Å². The second kappa shape index (κ2) is 6.72. The van der Waals surface area contributed by atoms with E-state index in [1.54, 1.807) is 29.2 Å². The third-order valence-electron chi connectivity index (χ3n) is 3.44. The number of rotatable bonds is 5. The largest absolute Gasteiger partial charge is 0.446 e. The Balaban J connectivity index is 1.79. The van der Waals surface area contributed by atoms with E-state index in [4.69, 9.17) is 0 Å². The van der Waals surface area contributed by atoms with Crippen LogP contribution in [0.2, 0.25) is 0 Å². The number of aromatic nitrogens is 4. The first-order valence-corrected chi connectivity index (χ1v) is 8.15. The smallest absolute Gasteiger partial charge is 0.329 e. The van der Waals surface area contributed by atoms with Gasteiger partial charge in [-0.3, -0.25) is 0 Å². The number of hydrogen-bond acceptors (Lipinski definition) is 3. The highest BCUT2D eigenvalue weighted by Gasteiger charge is 2.29. The van der Waals surface area contributed by atoms with Crippen LogP contribution in [0.4, 0.5) is 13.2 Å². The third kappa shape index (κ3) is 4.00. The van der Waals surface area contributed by atoms with E-state index < -0.39 is 5.51 Å². The lowest BCUT2D eigenvalue weighted by molar-refractivity contribution is -0.0328. The molecule has 2 aromatic heterocycles. The Hall–Kier alpha value is -2.22. The number of imidazole rings is 2. The van der Waals surface area contributed by atoms with Crippen LogP contribution in [0.25, 0.3) is 5.69 Å². The van der Waals surface area contributed by atoms with Gasteiger partial charge in [0.15, 0.2) is 0 Å². The molecule has 0 radical (unpaired) electrons. The molecule has 0 aliphatic rings. The molecule has 0 aliphatic heterocycles. The van der Waals surface area contributed by atoms with E-state index >= 15 is 0 Å². The SMILES string of the molecule is CCc1nccn1Cc1cn(-c2cccc(SC(F)(F)F)c2)cn1. The fourth-order valence-electron chi connectivity index (χ4n) is 2.40. The Kier molecular flexibility index (Phi) is 4.66. The van der Waals surface area contributed by atoms with Gasteiger partial charge < -0.3 is 9.13 Å². The van der Waals surface area contributed by atoms with Gasteiger partial charge in [0.25, 0.3) is 0 Å². The summed E-state index contributed by atoms with van der Waals surface area (Å²) in [7, 11) is 0. The molecule has 0 amide bonds. The molecule has 4 nitrogen and oxygen atoms in total. The van der Waals surface area contributed by atoms with E-state index in [0.29, 0.717) is 12.2 Å². The van der Waals surface area contributed by atoms with Crippen molar-refractivity contribution in [1.29, 1.82) is 0 Å². The normalized spacial score (nSPS) is 11.8. The number of alkyl halides is 3. The quantitative estimate of drug-likeness (QED) is 0.643. The minimum absolute atomic E-state index is 0.121. The van der Waals surface area contributed by atoms with Gasteiger partial charge in [0.1, 0.15) is 5.82 Å². The molecule has 0 spiro atoms. The van der Waals surface area contributed by atoms with Crippen molar-refractivity contribution >= 4 is 11.8 Å². The molecule has 0 atom stereocenters. The Morgan fingerprint density at radius 2 is 2.04 bits per heavy atom. The monoisotopic (exact) mass is 352 g/mol. The molecule has 126 valence electrons. The van der Waals surface area contributed by atoms with E-state index in [-0.39, 0.29) is 16.7 Å². The molecule has 1 aromatic carbocycles. The molecule has 0 unspecified atom stereocenters.